The van der Waals surface area contributed by atoms with Crippen molar-refractivity contribution in [2.45, 2.75) is 32.0 Å². The molecule has 0 fully saturated rings. The minimum absolute atomic E-state index is 0.0344. The van der Waals surface area contributed by atoms with Crippen LogP contribution in [0, 0.1) is 5.92 Å². The summed E-state index contributed by atoms with van der Waals surface area (Å²) in [5, 5.41) is 11.0. The van der Waals surface area contributed by atoms with E-state index in [1.807, 2.05) is 6.92 Å². The molecule has 1 amide bonds. The molecule has 0 saturated heterocycles. The van der Waals surface area contributed by atoms with Gasteiger partial charge >= 0.3 is 0 Å². The molecule has 2 rings (SSSR count). The molecule has 6 nitrogen and oxygen atoms in total. The normalized spacial score (nSPS) is 12.2. The number of carbonyl (C=O) groups is 1. The highest BCUT2D eigenvalue weighted by Gasteiger charge is 2.14. The Morgan fingerprint density at radius 3 is 2.83 bits per heavy atom. The Morgan fingerprint density at radius 2 is 2.17 bits per heavy atom. The monoisotopic (exact) mass is 368 g/mol. The topological polar surface area (TPSA) is 79.9 Å². The summed E-state index contributed by atoms with van der Waals surface area (Å²) in [6, 6.07) is 5.41. The van der Waals surface area contributed by atoms with Crippen LogP contribution in [-0.4, -0.2) is 40.0 Å². The zero-order valence-corrected chi connectivity index (χ0v) is 15.7. The summed E-state index contributed by atoms with van der Waals surface area (Å²) in [5.41, 5.74) is 0.724. The van der Waals surface area contributed by atoms with E-state index in [9.17, 15) is 4.79 Å². The van der Waals surface area contributed by atoms with E-state index >= 15 is 0 Å². The maximum atomic E-state index is 11.9. The third-order valence-electron chi connectivity index (χ3n) is 3.60. The Labute approximate surface area is 150 Å². The Hall–Kier alpha value is -1.73. The first-order valence-electron chi connectivity index (χ1n) is 7.59. The second kappa shape index (κ2) is 8.39. The number of hydrogen-bond acceptors (Lipinski definition) is 5. The quantitative estimate of drug-likeness (QED) is 0.732. The van der Waals surface area contributed by atoms with Crippen molar-refractivity contribution in [1.29, 1.82) is 0 Å². The summed E-state index contributed by atoms with van der Waals surface area (Å²) in [6.07, 6.45) is 0. The fraction of sp³-hybridized carbons (Fsp3) is 0.438. The number of hydrogen-bond donors (Lipinski definition) is 2. The zero-order valence-electron chi connectivity index (χ0n) is 14.1. The molecule has 0 radical (unpaired) electrons. The molecule has 8 heteroatoms. The minimum Gasteiger partial charge on any atom is -0.496 e. The van der Waals surface area contributed by atoms with Gasteiger partial charge in [0.15, 0.2) is 5.82 Å². The second-order valence-electron chi connectivity index (χ2n) is 5.70. The molecule has 1 aromatic carbocycles. The Balaban J connectivity index is 2.01. The molecule has 0 unspecified atom stereocenters. The van der Waals surface area contributed by atoms with Gasteiger partial charge in [0, 0.05) is 11.1 Å². The van der Waals surface area contributed by atoms with E-state index in [1.54, 1.807) is 25.3 Å². The number of benzene rings is 1. The summed E-state index contributed by atoms with van der Waals surface area (Å²) < 4.78 is 5.31. The predicted molar refractivity (Wildman–Crippen MR) is 96.5 cm³/mol. The number of amides is 1. The van der Waals surface area contributed by atoms with Crippen molar-refractivity contribution >= 4 is 29.3 Å². The van der Waals surface area contributed by atoms with Crippen molar-refractivity contribution < 1.29 is 9.53 Å². The van der Waals surface area contributed by atoms with Gasteiger partial charge in [-0.3, -0.25) is 9.89 Å². The standard InChI is InChI=1S/C16H21ClN4O2S/c1-9(2)10(3)18-14(22)8-24-16-19-15(20-21-16)12-7-11(17)5-6-13(12)23-4/h5-7,9-10H,8H2,1-4H3,(H,18,22)(H,19,20,21)/t10-/m1/s1. The van der Waals surface area contributed by atoms with Crippen molar-refractivity contribution in [3.63, 3.8) is 0 Å². The van der Waals surface area contributed by atoms with E-state index in [-0.39, 0.29) is 17.7 Å². The third kappa shape index (κ3) is 4.88. The lowest BCUT2D eigenvalue weighted by atomic mass is 10.1. The molecular formula is C16H21ClN4O2S. The van der Waals surface area contributed by atoms with E-state index in [4.69, 9.17) is 16.3 Å². The Morgan fingerprint density at radius 1 is 1.42 bits per heavy atom. The lowest BCUT2D eigenvalue weighted by Crippen LogP contribution is -2.37. The van der Waals surface area contributed by atoms with Crippen molar-refractivity contribution in [2.75, 3.05) is 12.9 Å². The first-order chi connectivity index (χ1) is 11.4. The summed E-state index contributed by atoms with van der Waals surface area (Å²) in [7, 11) is 1.58. The molecule has 1 heterocycles. The predicted octanol–water partition coefficient (Wildman–Crippen LogP) is 3.39. The first-order valence-corrected chi connectivity index (χ1v) is 8.95. The van der Waals surface area contributed by atoms with E-state index in [0.29, 0.717) is 27.7 Å². The van der Waals surface area contributed by atoms with Gasteiger partial charge in [-0.25, -0.2) is 4.98 Å². The van der Waals surface area contributed by atoms with Crippen LogP contribution in [-0.2, 0) is 4.79 Å². The molecule has 130 valence electrons. The van der Waals surface area contributed by atoms with Crippen molar-refractivity contribution in [3.05, 3.63) is 23.2 Å². The van der Waals surface area contributed by atoms with E-state index in [1.165, 1.54) is 11.8 Å². The molecule has 0 aliphatic carbocycles. The fourth-order valence-corrected chi connectivity index (χ4v) is 2.67. The maximum absolute atomic E-state index is 11.9. The van der Waals surface area contributed by atoms with Crippen molar-refractivity contribution in [1.82, 2.24) is 20.5 Å². The fourth-order valence-electron chi connectivity index (χ4n) is 1.89. The highest BCUT2D eigenvalue weighted by Crippen LogP contribution is 2.31. The molecule has 24 heavy (non-hydrogen) atoms. The number of halogens is 1. The van der Waals surface area contributed by atoms with E-state index in [2.05, 4.69) is 34.3 Å². The lowest BCUT2D eigenvalue weighted by molar-refractivity contribution is -0.119. The Kier molecular flexibility index (Phi) is 6.51. The van der Waals surface area contributed by atoms with Gasteiger partial charge < -0.3 is 10.1 Å². The van der Waals surface area contributed by atoms with Gasteiger partial charge in [-0.05, 0) is 31.0 Å². The zero-order chi connectivity index (χ0) is 17.7. The molecule has 0 saturated carbocycles. The van der Waals surface area contributed by atoms with Crippen LogP contribution in [0.15, 0.2) is 23.4 Å². The molecule has 0 aliphatic heterocycles. The summed E-state index contributed by atoms with van der Waals surface area (Å²) in [4.78, 5) is 16.3. The number of aromatic amines is 1. The molecule has 1 aromatic heterocycles. The number of methoxy groups -OCH3 is 1. The average molecular weight is 369 g/mol. The SMILES string of the molecule is COc1ccc(Cl)cc1-c1nc(SCC(=O)N[C@H](C)C(C)C)n[nH]1. The number of ether oxygens (including phenoxy) is 1. The molecule has 1 atom stereocenters. The lowest BCUT2D eigenvalue weighted by Gasteiger charge is -2.16. The number of thioether (sulfide) groups is 1. The number of carbonyl (C=O) groups excluding carboxylic acids is 1. The molecule has 2 N–H and O–H groups in total. The number of rotatable bonds is 7. The molecule has 2 aromatic rings. The van der Waals surface area contributed by atoms with Gasteiger partial charge in [-0.15, -0.1) is 5.10 Å². The second-order valence-corrected chi connectivity index (χ2v) is 7.08. The van der Waals surface area contributed by atoms with Crippen LogP contribution in [0.25, 0.3) is 11.4 Å². The van der Waals surface area contributed by atoms with Crippen LogP contribution in [0.3, 0.4) is 0 Å². The van der Waals surface area contributed by atoms with Gasteiger partial charge in [-0.1, -0.05) is 37.2 Å². The number of aromatic nitrogens is 3. The molecule has 0 bridgehead atoms. The molecular weight excluding hydrogens is 348 g/mol. The van der Waals surface area contributed by atoms with Gasteiger partial charge in [0.1, 0.15) is 5.75 Å². The highest BCUT2D eigenvalue weighted by atomic mass is 35.5. The van der Waals surface area contributed by atoms with Crippen LogP contribution < -0.4 is 10.1 Å². The van der Waals surface area contributed by atoms with Crippen LogP contribution in [0.4, 0.5) is 0 Å². The first kappa shape index (κ1) is 18.6. The van der Waals surface area contributed by atoms with Crippen LogP contribution in [0.1, 0.15) is 20.8 Å². The Bertz CT molecular complexity index is 705. The largest absolute Gasteiger partial charge is 0.496 e. The van der Waals surface area contributed by atoms with Gasteiger partial charge in [0.2, 0.25) is 11.1 Å². The molecule has 0 aliphatic rings. The molecule has 0 spiro atoms. The van der Waals surface area contributed by atoms with Crippen molar-refractivity contribution in [3.8, 4) is 17.1 Å². The van der Waals surface area contributed by atoms with Gasteiger partial charge in [0.05, 0.1) is 18.4 Å². The number of H-pyrrole nitrogens is 1. The third-order valence-corrected chi connectivity index (χ3v) is 4.68. The van der Waals surface area contributed by atoms with Gasteiger partial charge in [-0.2, -0.15) is 0 Å². The highest BCUT2D eigenvalue weighted by molar-refractivity contribution is 7.99. The summed E-state index contributed by atoms with van der Waals surface area (Å²) in [6.45, 7) is 6.12. The van der Waals surface area contributed by atoms with Crippen LogP contribution in [0.2, 0.25) is 5.02 Å². The van der Waals surface area contributed by atoms with Crippen LogP contribution in [0.5, 0.6) is 5.75 Å². The van der Waals surface area contributed by atoms with Crippen LogP contribution >= 0.6 is 23.4 Å². The number of nitrogens with zero attached hydrogens (tertiary/aromatic N) is 2. The number of nitrogens with one attached hydrogen (secondary N) is 2. The van der Waals surface area contributed by atoms with Crippen molar-refractivity contribution in [2.24, 2.45) is 5.92 Å². The summed E-state index contributed by atoms with van der Waals surface area (Å²) in [5.74, 6) is 1.82. The summed E-state index contributed by atoms with van der Waals surface area (Å²) >= 11 is 7.31. The average Bonchev–Trinajstić information content (AvgIpc) is 3.01. The minimum atomic E-state index is -0.0344. The smallest absolute Gasteiger partial charge is 0.230 e. The van der Waals surface area contributed by atoms with E-state index in [0.717, 1.165) is 5.56 Å². The van der Waals surface area contributed by atoms with E-state index < -0.39 is 0 Å². The van der Waals surface area contributed by atoms with Gasteiger partial charge in [0.25, 0.3) is 0 Å². The maximum Gasteiger partial charge on any atom is 0.230 e.